The summed E-state index contributed by atoms with van der Waals surface area (Å²) in [6.45, 7) is 4.12. The van der Waals surface area contributed by atoms with Crippen molar-refractivity contribution in [2.45, 2.75) is 32.2 Å². The lowest BCUT2D eigenvalue weighted by molar-refractivity contribution is -0.116. The summed E-state index contributed by atoms with van der Waals surface area (Å²) in [5.74, 6) is 0.262. The molecule has 0 aliphatic carbocycles. The summed E-state index contributed by atoms with van der Waals surface area (Å²) in [6.07, 6.45) is 4.33. The Bertz CT molecular complexity index is 713. The van der Waals surface area contributed by atoms with Gasteiger partial charge in [-0.15, -0.1) is 10.2 Å². The predicted molar refractivity (Wildman–Crippen MR) is 94.1 cm³/mol. The second-order valence-electron chi connectivity index (χ2n) is 5.56. The lowest BCUT2D eigenvalue weighted by atomic mass is 10.1. The van der Waals surface area contributed by atoms with E-state index >= 15 is 0 Å². The molecule has 120 valence electrons. The van der Waals surface area contributed by atoms with Crippen molar-refractivity contribution in [1.29, 1.82) is 0 Å². The van der Waals surface area contributed by atoms with Gasteiger partial charge in [-0.05, 0) is 34.5 Å². The van der Waals surface area contributed by atoms with Gasteiger partial charge in [0.25, 0.3) is 0 Å². The molecule has 1 N–H and O–H groups in total. The van der Waals surface area contributed by atoms with Gasteiger partial charge < -0.3 is 9.88 Å². The van der Waals surface area contributed by atoms with Crippen molar-refractivity contribution in [3.8, 4) is 0 Å². The molecule has 3 aromatic heterocycles. The van der Waals surface area contributed by atoms with Crippen LogP contribution in [0.15, 0.2) is 41.4 Å². The van der Waals surface area contributed by atoms with Crippen molar-refractivity contribution in [1.82, 2.24) is 14.8 Å². The zero-order valence-electron chi connectivity index (χ0n) is 13.0. The summed E-state index contributed by atoms with van der Waals surface area (Å²) < 4.78 is 2.06. The third kappa shape index (κ3) is 3.86. The minimum absolute atomic E-state index is 0.00580. The summed E-state index contributed by atoms with van der Waals surface area (Å²) in [7, 11) is 0. The van der Waals surface area contributed by atoms with Crippen LogP contribution >= 0.6 is 22.7 Å². The number of carbonyl (C=O) groups excluding carboxylic acids is 1. The van der Waals surface area contributed by atoms with E-state index in [1.54, 1.807) is 11.3 Å². The van der Waals surface area contributed by atoms with Gasteiger partial charge in [-0.1, -0.05) is 25.2 Å². The zero-order valence-corrected chi connectivity index (χ0v) is 14.6. The summed E-state index contributed by atoms with van der Waals surface area (Å²) in [5, 5.41) is 16.6. The van der Waals surface area contributed by atoms with Crippen molar-refractivity contribution in [3.05, 3.63) is 51.9 Å². The molecule has 0 fully saturated rings. The van der Waals surface area contributed by atoms with Crippen LogP contribution in [0.5, 0.6) is 0 Å². The van der Waals surface area contributed by atoms with Crippen LogP contribution in [0.3, 0.4) is 0 Å². The van der Waals surface area contributed by atoms with Crippen molar-refractivity contribution < 1.29 is 4.79 Å². The van der Waals surface area contributed by atoms with E-state index in [9.17, 15) is 4.79 Å². The van der Waals surface area contributed by atoms with Crippen LogP contribution in [-0.2, 0) is 4.79 Å². The first-order valence-electron chi connectivity index (χ1n) is 7.41. The topological polar surface area (TPSA) is 59.8 Å². The molecule has 0 aliphatic heterocycles. The van der Waals surface area contributed by atoms with E-state index in [-0.39, 0.29) is 11.9 Å². The SMILES string of the molecule is CC(C)c1nnc(NC(=O)C[C@H](c2ccsc2)n2cccc2)s1. The van der Waals surface area contributed by atoms with Gasteiger partial charge in [0.1, 0.15) is 5.01 Å². The first-order valence-corrected chi connectivity index (χ1v) is 9.17. The molecule has 7 heteroatoms. The fraction of sp³-hybridized carbons (Fsp3) is 0.312. The fourth-order valence-corrected chi connectivity index (χ4v) is 3.75. The Hall–Kier alpha value is -1.99. The van der Waals surface area contributed by atoms with Crippen molar-refractivity contribution in [3.63, 3.8) is 0 Å². The maximum atomic E-state index is 12.4. The number of rotatable bonds is 6. The maximum Gasteiger partial charge on any atom is 0.228 e. The number of nitrogens with zero attached hydrogens (tertiary/aromatic N) is 3. The average molecular weight is 346 g/mol. The molecule has 0 unspecified atom stereocenters. The quantitative estimate of drug-likeness (QED) is 0.729. The van der Waals surface area contributed by atoms with Crippen molar-refractivity contribution in [2.75, 3.05) is 5.32 Å². The smallest absolute Gasteiger partial charge is 0.228 e. The van der Waals surface area contributed by atoms with E-state index in [4.69, 9.17) is 0 Å². The number of nitrogens with one attached hydrogen (secondary N) is 1. The Morgan fingerprint density at radius 1 is 1.30 bits per heavy atom. The Labute approximate surface area is 143 Å². The van der Waals surface area contributed by atoms with Crippen LogP contribution in [-0.4, -0.2) is 20.7 Å². The number of carbonyl (C=O) groups is 1. The highest BCUT2D eigenvalue weighted by molar-refractivity contribution is 7.15. The van der Waals surface area contributed by atoms with Gasteiger partial charge in [0, 0.05) is 18.3 Å². The molecular weight excluding hydrogens is 328 g/mol. The molecule has 0 aromatic carbocycles. The summed E-state index contributed by atoms with van der Waals surface area (Å²) in [5.41, 5.74) is 1.14. The van der Waals surface area contributed by atoms with Crippen LogP contribution in [0.1, 0.15) is 42.8 Å². The largest absolute Gasteiger partial charge is 0.346 e. The van der Waals surface area contributed by atoms with E-state index in [1.165, 1.54) is 11.3 Å². The van der Waals surface area contributed by atoms with Gasteiger partial charge in [0.2, 0.25) is 11.0 Å². The molecule has 3 aromatic rings. The van der Waals surface area contributed by atoms with Crippen LogP contribution in [0.4, 0.5) is 5.13 Å². The summed E-state index contributed by atoms with van der Waals surface area (Å²) in [6, 6.07) is 5.99. The molecular formula is C16H18N4OS2. The molecule has 0 saturated heterocycles. The number of thiophene rings is 1. The standard InChI is InChI=1S/C16H18N4OS2/c1-11(2)15-18-19-16(23-15)17-14(21)9-13(12-5-8-22-10-12)20-6-3-4-7-20/h3-8,10-11,13H,9H2,1-2H3,(H,17,19,21)/t13-/m1/s1. The second-order valence-corrected chi connectivity index (χ2v) is 7.34. The molecule has 5 nitrogen and oxygen atoms in total. The van der Waals surface area contributed by atoms with Gasteiger partial charge in [-0.25, -0.2) is 0 Å². The maximum absolute atomic E-state index is 12.4. The number of amides is 1. The lowest BCUT2D eigenvalue weighted by Gasteiger charge is -2.17. The average Bonchev–Trinajstić information content (AvgIpc) is 3.26. The molecule has 3 heterocycles. The molecule has 0 saturated carbocycles. The first kappa shape index (κ1) is 15.9. The van der Waals surface area contributed by atoms with E-state index in [2.05, 4.69) is 45.4 Å². The minimum atomic E-state index is -0.0543. The van der Waals surface area contributed by atoms with Crippen LogP contribution in [0.2, 0.25) is 0 Å². The van der Waals surface area contributed by atoms with Gasteiger partial charge in [-0.3, -0.25) is 4.79 Å². The third-order valence-corrected chi connectivity index (χ3v) is 5.32. The molecule has 0 aliphatic rings. The first-order chi connectivity index (χ1) is 11.1. The Morgan fingerprint density at radius 2 is 2.09 bits per heavy atom. The predicted octanol–water partition coefficient (Wildman–Crippen LogP) is 4.14. The summed E-state index contributed by atoms with van der Waals surface area (Å²) >= 11 is 3.07. The third-order valence-electron chi connectivity index (χ3n) is 3.47. The minimum Gasteiger partial charge on any atom is -0.346 e. The van der Waals surface area contributed by atoms with Crippen molar-refractivity contribution >= 4 is 33.7 Å². The normalized spacial score (nSPS) is 12.5. The molecule has 0 radical (unpaired) electrons. The Balaban J connectivity index is 1.71. The van der Waals surface area contributed by atoms with Crippen LogP contribution < -0.4 is 5.32 Å². The molecule has 0 spiro atoms. The lowest BCUT2D eigenvalue weighted by Crippen LogP contribution is -2.19. The number of anilines is 1. The fourth-order valence-electron chi connectivity index (χ4n) is 2.28. The number of hydrogen-bond acceptors (Lipinski definition) is 5. The second kappa shape index (κ2) is 7.06. The van der Waals surface area contributed by atoms with Gasteiger partial charge >= 0.3 is 0 Å². The van der Waals surface area contributed by atoms with Crippen molar-refractivity contribution in [2.24, 2.45) is 0 Å². The number of aromatic nitrogens is 3. The molecule has 3 rings (SSSR count). The van der Waals surface area contributed by atoms with E-state index in [0.29, 0.717) is 17.5 Å². The van der Waals surface area contributed by atoms with Gasteiger partial charge in [-0.2, -0.15) is 11.3 Å². The van der Waals surface area contributed by atoms with Gasteiger partial charge in [0.15, 0.2) is 0 Å². The highest BCUT2D eigenvalue weighted by Gasteiger charge is 2.19. The van der Waals surface area contributed by atoms with Gasteiger partial charge in [0.05, 0.1) is 12.5 Å². The Morgan fingerprint density at radius 3 is 2.70 bits per heavy atom. The highest BCUT2D eigenvalue weighted by Crippen LogP contribution is 2.26. The molecule has 23 heavy (non-hydrogen) atoms. The Kier molecular flexibility index (Phi) is 4.88. The van der Waals surface area contributed by atoms with E-state index in [0.717, 1.165) is 10.6 Å². The molecule has 0 bridgehead atoms. The zero-order chi connectivity index (χ0) is 16.2. The van der Waals surface area contributed by atoms with E-state index in [1.807, 2.05) is 29.9 Å². The monoisotopic (exact) mass is 346 g/mol. The van der Waals surface area contributed by atoms with E-state index < -0.39 is 0 Å². The molecule has 1 amide bonds. The molecule has 1 atom stereocenters. The number of hydrogen-bond donors (Lipinski definition) is 1. The highest BCUT2D eigenvalue weighted by atomic mass is 32.1. The van der Waals surface area contributed by atoms with Crippen LogP contribution in [0, 0.1) is 0 Å². The van der Waals surface area contributed by atoms with Crippen LogP contribution in [0.25, 0.3) is 0 Å². The summed E-state index contributed by atoms with van der Waals surface area (Å²) in [4.78, 5) is 12.4.